The van der Waals surface area contributed by atoms with Crippen LogP contribution in [0.15, 0.2) is 48.5 Å². The van der Waals surface area contributed by atoms with E-state index in [0.29, 0.717) is 32.7 Å². The average molecular weight is 515 g/mol. The first kappa shape index (κ1) is 26.3. The van der Waals surface area contributed by atoms with Gasteiger partial charge < -0.3 is 18.9 Å². The minimum atomic E-state index is -0.598. The van der Waals surface area contributed by atoms with Crippen LogP contribution in [0, 0.1) is 13.8 Å². The molecule has 0 atom stereocenters. The average Bonchev–Trinajstić information content (AvgIpc) is 2.77. The van der Waals surface area contributed by atoms with Gasteiger partial charge in [-0.15, -0.1) is 0 Å². The Morgan fingerprint density at radius 1 is 0.500 bits per heavy atom. The number of carbonyl (C=O) groups is 4. The second kappa shape index (κ2) is 10.3. The van der Waals surface area contributed by atoms with Gasteiger partial charge in [-0.1, -0.05) is 24.3 Å². The standard InChI is InChI=1S/C30H26O8/c1-15-11-21-7-9-23(29(37-19(5)33)27(21)25(13-15)35-17(3)31)24-10-8-22-12-16(2)14-26(36-18(4)32)28(22)30(24)38-20(6)34/h7-14H,1-6H3. The van der Waals surface area contributed by atoms with Gasteiger partial charge in [0.2, 0.25) is 0 Å². The molecule has 0 spiro atoms. The number of carbonyl (C=O) groups excluding carboxylic acids is 4. The van der Waals surface area contributed by atoms with Gasteiger partial charge in [-0.3, -0.25) is 19.2 Å². The molecule has 194 valence electrons. The van der Waals surface area contributed by atoms with Gasteiger partial charge in [0, 0.05) is 38.8 Å². The second-order valence-corrected chi connectivity index (χ2v) is 8.98. The Hall–Kier alpha value is -4.72. The highest BCUT2D eigenvalue weighted by Gasteiger charge is 2.24. The smallest absolute Gasteiger partial charge is 0.308 e. The molecule has 38 heavy (non-hydrogen) atoms. The van der Waals surface area contributed by atoms with E-state index >= 15 is 0 Å². The second-order valence-electron chi connectivity index (χ2n) is 8.98. The molecule has 0 saturated carbocycles. The maximum atomic E-state index is 12.3. The van der Waals surface area contributed by atoms with Crippen LogP contribution in [0.25, 0.3) is 32.7 Å². The van der Waals surface area contributed by atoms with Crippen molar-refractivity contribution in [1.82, 2.24) is 0 Å². The molecule has 0 bridgehead atoms. The zero-order valence-electron chi connectivity index (χ0n) is 21.9. The predicted octanol–water partition coefficient (Wildman–Crippen LogP) is 5.98. The molecule has 0 heterocycles. The van der Waals surface area contributed by atoms with Crippen molar-refractivity contribution in [2.45, 2.75) is 41.5 Å². The molecular weight excluding hydrogens is 488 g/mol. The normalized spacial score (nSPS) is 10.8. The molecule has 0 aliphatic heterocycles. The summed E-state index contributed by atoms with van der Waals surface area (Å²) in [5.41, 5.74) is 2.47. The van der Waals surface area contributed by atoms with E-state index in [-0.39, 0.29) is 23.0 Å². The lowest BCUT2D eigenvalue weighted by molar-refractivity contribution is -0.133. The van der Waals surface area contributed by atoms with Gasteiger partial charge in [0.05, 0.1) is 10.8 Å². The van der Waals surface area contributed by atoms with Crippen LogP contribution in [0.3, 0.4) is 0 Å². The Morgan fingerprint density at radius 3 is 1.16 bits per heavy atom. The topological polar surface area (TPSA) is 105 Å². The Balaban J connectivity index is 2.15. The molecule has 0 N–H and O–H groups in total. The van der Waals surface area contributed by atoms with Crippen LogP contribution in [0.1, 0.15) is 38.8 Å². The number of esters is 4. The van der Waals surface area contributed by atoms with Crippen LogP contribution in [-0.2, 0) is 19.2 Å². The summed E-state index contributed by atoms with van der Waals surface area (Å²) in [6, 6.07) is 14.1. The first-order valence-electron chi connectivity index (χ1n) is 11.8. The number of benzene rings is 4. The minimum Gasteiger partial charge on any atom is -0.426 e. The van der Waals surface area contributed by atoms with Crippen molar-refractivity contribution in [3.05, 3.63) is 59.7 Å². The molecule has 0 aromatic heterocycles. The SMILES string of the molecule is CC(=O)Oc1cc(C)cc2ccc(-c3ccc4cc(C)cc(OC(C)=O)c4c3OC(C)=O)c(OC(C)=O)c12. The predicted molar refractivity (Wildman–Crippen MR) is 142 cm³/mol. The summed E-state index contributed by atoms with van der Waals surface area (Å²) in [4.78, 5) is 48.3. The van der Waals surface area contributed by atoms with Crippen LogP contribution in [0.2, 0.25) is 0 Å². The Morgan fingerprint density at radius 2 is 0.842 bits per heavy atom. The van der Waals surface area contributed by atoms with E-state index in [2.05, 4.69) is 0 Å². The van der Waals surface area contributed by atoms with Crippen LogP contribution in [-0.4, -0.2) is 23.9 Å². The third-order valence-electron chi connectivity index (χ3n) is 5.65. The molecule has 4 aromatic carbocycles. The van der Waals surface area contributed by atoms with E-state index < -0.39 is 23.9 Å². The number of rotatable bonds is 5. The summed E-state index contributed by atoms with van der Waals surface area (Å²) in [5.74, 6) is -1.58. The van der Waals surface area contributed by atoms with Crippen molar-refractivity contribution in [2.24, 2.45) is 0 Å². The third-order valence-corrected chi connectivity index (χ3v) is 5.65. The summed E-state index contributed by atoms with van der Waals surface area (Å²) in [6.45, 7) is 8.79. The molecule has 0 unspecified atom stereocenters. The molecule has 8 heteroatoms. The highest BCUT2D eigenvalue weighted by atomic mass is 16.6. The number of hydrogen-bond donors (Lipinski definition) is 0. The molecule has 0 amide bonds. The summed E-state index contributed by atoms with van der Waals surface area (Å²) < 4.78 is 22.4. The summed E-state index contributed by atoms with van der Waals surface area (Å²) in [5, 5.41) is 2.15. The van der Waals surface area contributed by atoms with E-state index in [9.17, 15) is 19.2 Å². The highest BCUT2D eigenvalue weighted by Crippen LogP contribution is 2.48. The van der Waals surface area contributed by atoms with E-state index in [0.717, 1.165) is 11.1 Å². The molecule has 0 saturated heterocycles. The van der Waals surface area contributed by atoms with Crippen LogP contribution < -0.4 is 18.9 Å². The number of ether oxygens (including phenoxy) is 4. The van der Waals surface area contributed by atoms with E-state index in [1.54, 1.807) is 36.4 Å². The highest BCUT2D eigenvalue weighted by molar-refractivity contribution is 6.07. The van der Waals surface area contributed by atoms with E-state index in [4.69, 9.17) is 18.9 Å². The summed E-state index contributed by atoms with van der Waals surface area (Å²) in [7, 11) is 0. The summed E-state index contributed by atoms with van der Waals surface area (Å²) in [6.07, 6.45) is 0. The molecule has 0 aliphatic rings. The van der Waals surface area contributed by atoms with E-state index in [1.165, 1.54) is 27.7 Å². The summed E-state index contributed by atoms with van der Waals surface area (Å²) >= 11 is 0. The van der Waals surface area contributed by atoms with Gasteiger partial charge in [0.15, 0.2) is 0 Å². The minimum absolute atomic E-state index is 0.125. The van der Waals surface area contributed by atoms with Crippen molar-refractivity contribution >= 4 is 45.4 Å². The molecule has 4 aromatic rings. The van der Waals surface area contributed by atoms with Crippen molar-refractivity contribution in [1.29, 1.82) is 0 Å². The maximum absolute atomic E-state index is 12.3. The van der Waals surface area contributed by atoms with Crippen LogP contribution in [0.4, 0.5) is 0 Å². The number of fused-ring (bicyclic) bond motifs is 2. The number of hydrogen-bond acceptors (Lipinski definition) is 8. The molecule has 0 aliphatic carbocycles. The molecule has 0 radical (unpaired) electrons. The Bertz CT molecular complexity index is 1520. The Labute approximate surface area is 219 Å². The quantitative estimate of drug-likeness (QED) is 0.237. The Kier molecular flexibility index (Phi) is 7.17. The van der Waals surface area contributed by atoms with Gasteiger partial charge in [-0.05, 0) is 60.0 Å². The van der Waals surface area contributed by atoms with Gasteiger partial charge >= 0.3 is 23.9 Å². The van der Waals surface area contributed by atoms with Crippen LogP contribution in [0.5, 0.6) is 23.0 Å². The maximum Gasteiger partial charge on any atom is 0.308 e. The van der Waals surface area contributed by atoms with Crippen LogP contribution >= 0.6 is 0 Å². The molecular formula is C30H26O8. The largest absolute Gasteiger partial charge is 0.426 e. The third kappa shape index (κ3) is 5.34. The first-order chi connectivity index (χ1) is 17.9. The van der Waals surface area contributed by atoms with Gasteiger partial charge in [0.25, 0.3) is 0 Å². The lowest BCUT2D eigenvalue weighted by Crippen LogP contribution is -2.08. The lowest BCUT2D eigenvalue weighted by atomic mass is 9.94. The van der Waals surface area contributed by atoms with Gasteiger partial charge in [-0.25, -0.2) is 0 Å². The lowest BCUT2D eigenvalue weighted by Gasteiger charge is -2.19. The zero-order valence-corrected chi connectivity index (χ0v) is 21.9. The monoisotopic (exact) mass is 514 g/mol. The van der Waals surface area contributed by atoms with Crippen molar-refractivity contribution < 1.29 is 38.1 Å². The van der Waals surface area contributed by atoms with Crippen molar-refractivity contribution in [3.63, 3.8) is 0 Å². The molecule has 4 rings (SSSR count). The fraction of sp³-hybridized carbons (Fsp3) is 0.200. The van der Waals surface area contributed by atoms with Crippen molar-refractivity contribution in [2.75, 3.05) is 0 Å². The number of aryl methyl sites for hydroxylation is 2. The molecule has 8 nitrogen and oxygen atoms in total. The fourth-order valence-electron chi connectivity index (χ4n) is 4.47. The van der Waals surface area contributed by atoms with E-state index in [1.807, 2.05) is 26.0 Å². The fourth-order valence-corrected chi connectivity index (χ4v) is 4.47. The molecule has 0 fully saturated rings. The van der Waals surface area contributed by atoms with Gasteiger partial charge in [-0.2, -0.15) is 0 Å². The zero-order chi connectivity index (χ0) is 27.7. The van der Waals surface area contributed by atoms with Crippen molar-refractivity contribution in [3.8, 4) is 34.1 Å². The van der Waals surface area contributed by atoms with Gasteiger partial charge in [0.1, 0.15) is 23.0 Å². The first-order valence-corrected chi connectivity index (χ1v) is 11.8.